The predicted octanol–water partition coefficient (Wildman–Crippen LogP) is 2.82. The van der Waals surface area contributed by atoms with E-state index in [-0.39, 0.29) is 6.10 Å². The van der Waals surface area contributed by atoms with Crippen LogP contribution in [0, 0.1) is 0 Å². The largest absolute Gasteiger partial charge is 0.495 e. The Hall–Kier alpha value is -1.24. The average molecular weight is 331 g/mol. The zero-order valence-corrected chi connectivity index (χ0v) is 13.6. The molecule has 7 heteroatoms. The molecular weight excluding hydrogens is 312 g/mol. The van der Waals surface area contributed by atoms with Crippen LogP contribution in [0.1, 0.15) is 12.8 Å². The molecule has 2 rings (SSSR count). The quantitative estimate of drug-likeness (QED) is 0.810. The molecule has 0 radical (unpaired) electrons. The van der Waals surface area contributed by atoms with Gasteiger partial charge in [0.05, 0.1) is 31.0 Å². The maximum atomic E-state index is 6.12. The van der Waals surface area contributed by atoms with E-state index in [2.05, 4.69) is 10.6 Å². The van der Waals surface area contributed by atoms with Crippen molar-refractivity contribution in [2.45, 2.75) is 18.9 Å². The maximum absolute atomic E-state index is 6.12. The number of rotatable bonds is 5. The first kappa shape index (κ1) is 16.1. The van der Waals surface area contributed by atoms with Crippen molar-refractivity contribution < 1.29 is 14.2 Å². The Labute approximate surface area is 134 Å². The summed E-state index contributed by atoms with van der Waals surface area (Å²) in [7, 11) is 3.14. The van der Waals surface area contributed by atoms with Crippen LogP contribution in [-0.2, 0) is 4.74 Å². The van der Waals surface area contributed by atoms with Gasteiger partial charge in [0.25, 0.3) is 0 Å². The third-order valence-corrected chi connectivity index (χ3v) is 3.78. The summed E-state index contributed by atoms with van der Waals surface area (Å²) in [4.78, 5) is 0. The summed E-state index contributed by atoms with van der Waals surface area (Å²) in [6, 6.07) is 3.44. The van der Waals surface area contributed by atoms with Crippen molar-refractivity contribution in [3.63, 3.8) is 0 Å². The Balaban J connectivity index is 1.97. The Morgan fingerprint density at radius 1 is 1.38 bits per heavy atom. The van der Waals surface area contributed by atoms with Gasteiger partial charge in [-0.2, -0.15) is 0 Å². The van der Waals surface area contributed by atoms with E-state index in [1.807, 2.05) is 0 Å². The van der Waals surface area contributed by atoms with E-state index in [0.29, 0.717) is 33.9 Å². The van der Waals surface area contributed by atoms with Crippen LogP contribution >= 0.6 is 23.8 Å². The average Bonchev–Trinajstić information content (AvgIpc) is 2.99. The molecule has 116 valence electrons. The summed E-state index contributed by atoms with van der Waals surface area (Å²) in [5.41, 5.74) is 0.688. The minimum atomic E-state index is 0.228. The van der Waals surface area contributed by atoms with Gasteiger partial charge in [0.1, 0.15) is 11.5 Å². The highest BCUT2D eigenvalue weighted by atomic mass is 35.5. The second-order valence-electron chi connectivity index (χ2n) is 4.66. The molecule has 2 N–H and O–H groups in total. The van der Waals surface area contributed by atoms with E-state index in [4.69, 9.17) is 38.0 Å². The van der Waals surface area contributed by atoms with Crippen molar-refractivity contribution >= 4 is 34.6 Å². The molecule has 1 aliphatic rings. The zero-order chi connectivity index (χ0) is 15.2. The van der Waals surface area contributed by atoms with Crippen LogP contribution in [0.3, 0.4) is 0 Å². The van der Waals surface area contributed by atoms with Gasteiger partial charge in [0, 0.05) is 19.2 Å². The van der Waals surface area contributed by atoms with E-state index >= 15 is 0 Å². The molecule has 1 unspecified atom stereocenters. The number of hydrogen-bond acceptors (Lipinski definition) is 4. The Morgan fingerprint density at radius 3 is 2.76 bits per heavy atom. The summed E-state index contributed by atoms with van der Waals surface area (Å²) in [6.45, 7) is 1.52. The fourth-order valence-electron chi connectivity index (χ4n) is 2.14. The number of halogens is 1. The smallest absolute Gasteiger partial charge is 0.170 e. The van der Waals surface area contributed by atoms with Crippen molar-refractivity contribution in [2.24, 2.45) is 0 Å². The molecule has 0 aromatic heterocycles. The summed E-state index contributed by atoms with van der Waals surface area (Å²) >= 11 is 11.4. The minimum Gasteiger partial charge on any atom is -0.495 e. The molecule has 0 amide bonds. The number of benzene rings is 1. The number of anilines is 1. The Kier molecular flexibility index (Phi) is 5.90. The SMILES string of the molecule is COc1cc(OC)c(NC(=S)NCC2CCCO2)cc1Cl. The van der Waals surface area contributed by atoms with Crippen LogP contribution in [0.25, 0.3) is 0 Å². The van der Waals surface area contributed by atoms with Crippen LogP contribution in [0.2, 0.25) is 5.02 Å². The van der Waals surface area contributed by atoms with Gasteiger partial charge in [-0.1, -0.05) is 11.6 Å². The summed E-state index contributed by atoms with van der Waals surface area (Å²) < 4.78 is 16.0. The van der Waals surface area contributed by atoms with Crippen LogP contribution in [0.15, 0.2) is 12.1 Å². The highest BCUT2D eigenvalue weighted by Crippen LogP contribution is 2.35. The first-order chi connectivity index (χ1) is 10.1. The molecule has 5 nitrogen and oxygen atoms in total. The molecule has 1 atom stereocenters. The first-order valence-corrected chi connectivity index (χ1v) is 7.50. The highest BCUT2D eigenvalue weighted by molar-refractivity contribution is 7.80. The van der Waals surface area contributed by atoms with Crippen molar-refractivity contribution in [2.75, 3.05) is 32.7 Å². The molecule has 0 saturated carbocycles. The maximum Gasteiger partial charge on any atom is 0.170 e. The third kappa shape index (κ3) is 4.36. The zero-order valence-electron chi connectivity index (χ0n) is 12.1. The van der Waals surface area contributed by atoms with Crippen LogP contribution in [0.5, 0.6) is 11.5 Å². The number of ether oxygens (including phenoxy) is 3. The van der Waals surface area contributed by atoms with Gasteiger partial charge in [-0.25, -0.2) is 0 Å². The van der Waals surface area contributed by atoms with Gasteiger partial charge in [-0.15, -0.1) is 0 Å². The summed E-state index contributed by atoms with van der Waals surface area (Å²) in [5, 5.41) is 7.21. The molecular formula is C14H19ClN2O3S. The second-order valence-corrected chi connectivity index (χ2v) is 5.47. The fraction of sp³-hybridized carbons (Fsp3) is 0.500. The lowest BCUT2D eigenvalue weighted by Gasteiger charge is -2.16. The standard InChI is InChI=1S/C14H19ClN2O3S/c1-18-12-7-13(19-2)11(6-10(12)15)17-14(21)16-8-9-4-3-5-20-9/h6-7,9H,3-5,8H2,1-2H3,(H2,16,17,21). The van der Waals surface area contributed by atoms with Crippen LogP contribution in [-0.4, -0.2) is 38.6 Å². The van der Waals surface area contributed by atoms with E-state index in [9.17, 15) is 0 Å². The number of methoxy groups -OCH3 is 2. The monoisotopic (exact) mass is 330 g/mol. The normalized spacial score (nSPS) is 17.4. The molecule has 1 aromatic carbocycles. The van der Waals surface area contributed by atoms with E-state index in [1.54, 1.807) is 26.4 Å². The Morgan fingerprint density at radius 2 is 2.14 bits per heavy atom. The number of nitrogens with one attached hydrogen (secondary N) is 2. The van der Waals surface area contributed by atoms with Gasteiger partial charge in [0.2, 0.25) is 0 Å². The molecule has 0 aliphatic carbocycles. The second kappa shape index (κ2) is 7.68. The van der Waals surface area contributed by atoms with Crippen LogP contribution < -0.4 is 20.1 Å². The van der Waals surface area contributed by atoms with E-state index in [1.165, 1.54) is 0 Å². The van der Waals surface area contributed by atoms with Gasteiger partial charge >= 0.3 is 0 Å². The minimum absolute atomic E-state index is 0.228. The van der Waals surface area contributed by atoms with Crippen molar-refractivity contribution in [3.8, 4) is 11.5 Å². The molecule has 1 saturated heterocycles. The number of thiocarbonyl (C=S) groups is 1. The van der Waals surface area contributed by atoms with Crippen molar-refractivity contribution in [1.29, 1.82) is 0 Å². The lowest BCUT2D eigenvalue weighted by molar-refractivity contribution is 0.114. The molecule has 1 aliphatic heterocycles. The van der Waals surface area contributed by atoms with Crippen LogP contribution in [0.4, 0.5) is 5.69 Å². The lowest BCUT2D eigenvalue weighted by Crippen LogP contribution is -2.34. The summed E-state index contributed by atoms with van der Waals surface area (Å²) in [5.74, 6) is 1.16. The van der Waals surface area contributed by atoms with Crippen molar-refractivity contribution in [3.05, 3.63) is 17.2 Å². The van der Waals surface area contributed by atoms with Gasteiger partial charge < -0.3 is 24.8 Å². The fourth-order valence-corrected chi connectivity index (χ4v) is 2.57. The third-order valence-electron chi connectivity index (χ3n) is 3.24. The lowest BCUT2D eigenvalue weighted by atomic mass is 10.2. The Bertz CT molecular complexity index is 507. The molecule has 21 heavy (non-hydrogen) atoms. The molecule has 0 spiro atoms. The van der Waals surface area contributed by atoms with E-state index < -0.39 is 0 Å². The highest BCUT2D eigenvalue weighted by Gasteiger charge is 2.16. The number of hydrogen-bond donors (Lipinski definition) is 2. The van der Waals surface area contributed by atoms with Gasteiger partial charge in [0.15, 0.2) is 5.11 Å². The summed E-state index contributed by atoms with van der Waals surface area (Å²) in [6.07, 6.45) is 2.40. The molecule has 1 fully saturated rings. The predicted molar refractivity (Wildman–Crippen MR) is 87.8 cm³/mol. The van der Waals surface area contributed by atoms with Crippen molar-refractivity contribution in [1.82, 2.24) is 5.32 Å². The topological polar surface area (TPSA) is 51.8 Å². The van der Waals surface area contributed by atoms with Gasteiger partial charge in [-0.3, -0.25) is 0 Å². The van der Waals surface area contributed by atoms with Gasteiger partial charge in [-0.05, 0) is 31.1 Å². The molecule has 1 heterocycles. The van der Waals surface area contributed by atoms with E-state index in [0.717, 1.165) is 19.4 Å². The molecule has 0 bridgehead atoms. The first-order valence-electron chi connectivity index (χ1n) is 6.72. The molecule has 1 aromatic rings.